The first kappa shape index (κ1) is 10.2. The quantitative estimate of drug-likeness (QED) is 0.459. The van der Waals surface area contributed by atoms with E-state index in [9.17, 15) is 4.79 Å². The molecule has 0 aromatic heterocycles. The van der Waals surface area contributed by atoms with Crippen molar-refractivity contribution in [2.75, 3.05) is 6.61 Å². The highest BCUT2D eigenvalue weighted by atomic mass is 16.5. The third kappa shape index (κ3) is 3.81. The Labute approximate surface area is 68.2 Å². The Balaban J connectivity index is 3.73. The van der Waals surface area contributed by atoms with Crippen molar-refractivity contribution in [2.45, 2.75) is 20.8 Å². The van der Waals surface area contributed by atoms with Crippen molar-refractivity contribution in [3.63, 3.8) is 0 Å². The topological polar surface area (TPSA) is 26.3 Å². The molecule has 0 aliphatic heterocycles. The van der Waals surface area contributed by atoms with Crippen LogP contribution in [0, 0.1) is 11.8 Å². The molecule has 2 nitrogen and oxygen atoms in total. The first-order valence-electron chi connectivity index (χ1n) is 3.87. The highest BCUT2D eigenvalue weighted by molar-refractivity contribution is 5.72. The highest BCUT2D eigenvalue weighted by Gasteiger charge is 2.16. The molecule has 0 saturated carbocycles. The van der Waals surface area contributed by atoms with Crippen LogP contribution >= 0.6 is 0 Å². The van der Waals surface area contributed by atoms with Gasteiger partial charge in [0.15, 0.2) is 0 Å². The third-order valence-electron chi connectivity index (χ3n) is 1.72. The Bertz CT molecular complexity index is 138. The van der Waals surface area contributed by atoms with Gasteiger partial charge in [0.25, 0.3) is 0 Å². The largest absolute Gasteiger partial charge is 0.461 e. The lowest BCUT2D eigenvalue weighted by Gasteiger charge is -2.12. The van der Waals surface area contributed by atoms with E-state index in [4.69, 9.17) is 4.74 Å². The van der Waals surface area contributed by atoms with Crippen molar-refractivity contribution in [3.05, 3.63) is 12.7 Å². The standard InChI is InChI=1S/C9H16O2/c1-5-6-11-9(10)8(4)7(2)3/h5,7-8H,1,6H2,2-4H3. The molecule has 0 spiro atoms. The predicted octanol–water partition coefficient (Wildman–Crippen LogP) is 2.01. The van der Waals surface area contributed by atoms with Crippen LogP contribution in [0.1, 0.15) is 20.8 Å². The van der Waals surface area contributed by atoms with E-state index in [1.54, 1.807) is 6.08 Å². The Hall–Kier alpha value is -0.790. The van der Waals surface area contributed by atoms with Crippen LogP contribution in [0.4, 0.5) is 0 Å². The van der Waals surface area contributed by atoms with Crippen LogP contribution in [-0.4, -0.2) is 12.6 Å². The van der Waals surface area contributed by atoms with E-state index >= 15 is 0 Å². The van der Waals surface area contributed by atoms with E-state index in [0.717, 1.165) is 0 Å². The molecule has 2 heteroatoms. The van der Waals surface area contributed by atoms with Crippen molar-refractivity contribution in [1.82, 2.24) is 0 Å². The van der Waals surface area contributed by atoms with Crippen LogP contribution < -0.4 is 0 Å². The summed E-state index contributed by atoms with van der Waals surface area (Å²) in [6, 6.07) is 0. The molecular weight excluding hydrogens is 140 g/mol. The van der Waals surface area contributed by atoms with Gasteiger partial charge in [0, 0.05) is 0 Å². The fourth-order valence-electron chi connectivity index (χ4n) is 0.545. The van der Waals surface area contributed by atoms with Gasteiger partial charge >= 0.3 is 5.97 Å². The number of hydrogen-bond acceptors (Lipinski definition) is 2. The SMILES string of the molecule is C=CCOC(=O)C(C)C(C)C. The Morgan fingerprint density at radius 2 is 2.09 bits per heavy atom. The number of carbonyl (C=O) groups excluding carboxylic acids is 1. The van der Waals surface area contributed by atoms with Gasteiger partial charge in [-0.05, 0) is 5.92 Å². The van der Waals surface area contributed by atoms with Crippen LogP contribution in [0.5, 0.6) is 0 Å². The summed E-state index contributed by atoms with van der Waals surface area (Å²) in [4.78, 5) is 11.1. The maximum absolute atomic E-state index is 11.1. The molecule has 11 heavy (non-hydrogen) atoms. The average molecular weight is 156 g/mol. The third-order valence-corrected chi connectivity index (χ3v) is 1.72. The normalized spacial score (nSPS) is 12.7. The van der Waals surface area contributed by atoms with E-state index in [1.165, 1.54) is 0 Å². The molecule has 0 saturated heterocycles. The van der Waals surface area contributed by atoms with Gasteiger partial charge in [0.1, 0.15) is 6.61 Å². The molecule has 0 rings (SSSR count). The zero-order valence-corrected chi connectivity index (χ0v) is 7.46. The second-order valence-corrected chi connectivity index (χ2v) is 2.95. The molecule has 0 heterocycles. The summed E-state index contributed by atoms with van der Waals surface area (Å²) in [6.45, 7) is 9.65. The van der Waals surface area contributed by atoms with Crippen molar-refractivity contribution < 1.29 is 9.53 Å². The minimum absolute atomic E-state index is 0.0186. The summed E-state index contributed by atoms with van der Waals surface area (Å²) in [5.41, 5.74) is 0. The Kier molecular flexibility index (Phi) is 4.59. The van der Waals surface area contributed by atoms with Gasteiger partial charge in [-0.25, -0.2) is 0 Å². The van der Waals surface area contributed by atoms with E-state index in [2.05, 4.69) is 6.58 Å². The van der Waals surface area contributed by atoms with Gasteiger partial charge in [-0.3, -0.25) is 4.79 Å². The van der Waals surface area contributed by atoms with E-state index in [1.807, 2.05) is 20.8 Å². The lowest BCUT2D eigenvalue weighted by atomic mass is 9.99. The Morgan fingerprint density at radius 3 is 2.45 bits per heavy atom. The second kappa shape index (κ2) is 4.94. The van der Waals surface area contributed by atoms with Gasteiger partial charge in [-0.1, -0.05) is 33.4 Å². The van der Waals surface area contributed by atoms with Gasteiger partial charge in [0.2, 0.25) is 0 Å². The van der Waals surface area contributed by atoms with E-state index in [-0.39, 0.29) is 11.9 Å². The molecule has 0 aromatic carbocycles. The first-order chi connectivity index (χ1) is 5.09. The molecule has 0 amide bonds. The maximum Gasteiger partial charge on any atom is 0.309 e. The molecule has 1 unspecified atom stereocenters. The lowest BCUT2D eigenvalue weighted by molar-refractivity contribution is -0.148. The molecule has 1 atom stereocenters. The summed E-state index contributed by atoms with van der Waals surface area (Å²) in [6.07, 6.45) is 1.57. The van der Waals surface area contributed by atoms with Gasteiger partial charge in [0.05, 0.1) is 5.92 Å². The molecule has 0 aliphatic rings. The zero-order valence-electron chi connectivity index (χ0n) is 7.46. The number of esters is 1. The molecule has 0 N–H and O–H groups in total. The number of ether oxygens (including phenoxy) is 1. The number of hydrogen-bond donors (Lipinski definition) is 0. The molecule has 0 radical (unpaired) electrons. The molecule has 64 valence electrons. The van der Waals surface area contributed by atoms with Gasteiger partial charge in [-0.15, -0.1) is 0 Å². The minimum Gasteiger partial charge on any atom is -0.461 e. The molecular formula is C9H16O2. The van der Waals surface area contributed by atoms with Crippen LogP contribution in [0.3, 0.4) is 0 Å². The summed E-state index contributed by atoms with van der Waals surface area (Å²) in [7, 11) is 0. The van der Waals surface area contributed by atoms with Crippen LogP contribution in [0.15, 0.2) is 12.7 Å². The van der Waals surface area contributed by atoms with Crippen LogP contribution in [-0.2, 0) is 9.53 Å². The monoisotopic (exact) mass is 156 g/mol. The summed E-state index contributed by atoms with van der Waals surface area (Å²) >= 11 is 0. The smallest absolute Gasteiger partial charge is 0.309 e. The summed E-state index contributed by atoms with van der Waals surface area (Å²) in [5, 5.41) is 0. The fourth-order valence-corrected chi connectivity index (χ4v) is 0.545. The molecule has 0 aromatic rings. The number of rotatable bonds is 4. The van der Waals surface area contributed by atoms with Gasteiger partial charge in [-0.2, -0.15) is 0 Å². The van der Waals surface area contributed by atoms with Crippen molar-refractivity contribution >= 4 is 5.97 Å². The van der Waals surface area contributed by atoms with Crippen LogP contribution in [0.25, 0.3) is 0 Å². The predicted molar refractivity (Wildman–Crippen MR) is 45.2 cm³/mol. The molecule has 0 fully saturated rings. The Morgan fingerprint density at radius 1 is 1.55 bits per heavy atom. The molecule has 0 bridgehead atoms. The molecule has 0 aliphatic carbocycles. The van der Waals surface area contributed by atoms with Crippen molar-refractivity contribution in [3.8, 4) is 0 Å². The fraction of sp³-hybridized carbons (Fsp3) is 0.667. The van der Waals surface area contributed by atoms with E-state index < -0.39 is 0 Å². The zero-order chi connectivity index (χ0) is 8.85. The van der Waals surface area contributed by atoms with Crippen molar-refractivity contribution in [2.24, 2.45) is 11.8 Å². The lowest BCUT2D eigenvalue weighted by Crippen LogP contribution is -2.19. The maximum atomic E-state index is 11.1. The summed E-state index contributed by atoms with van der Waals surface area (Å²) in [5.74, 6) is 0.183. The summed E-state index contributed by atoms with van der Waals surface area (Å²) < 4.78 is 4.86. The first-order valence-corrected chi connectivity index (χ1v) is 3.87. The van der Waals surface area contributed by atoms with E-state index in [0.29, 0.717) is 12.5 Å². The second-order valence-electron chi connectivity index (χ2n) is 2.95. The minimum atomic E-state index is -0.139. The average Bonchev–Trinajstić information content (AvgIpc) is 1.98. The highest BCUT2D eigenvalue weighted by Crippen LogP contribution is 2.10. The van der Waals surface area contributed by atoms with Crippen LogP contribution in [0.2, 0.25) is 0 Å². The van der Waals surface area contributed by atoms with Gasteiger partial charge < -0.3 is 4.74 Å². The number of carbonyl (C=O) groups is 1. The van der Waals surface area contributed by atoms with Crippen molar-refractivity contribution in [1.29, 1.82) is 0 Å².